The van der Waals surface area contributed by atoms with Crippen LogP contribution in [-0.4, -0.2) is 66.4 Å². The van der Waals surface area contributed by atoms with Gasteiger partial charge in [-0.3, -0.25) is 10.1 Å². The average Bonchev–Trinajstić information content (AvgIpc) is 3.77. The lowest BCUT2D eigenvalue weighted by Crippen LogP contribution is -2.16. The number of hydrogen-bond acceptors (Lipinski definition) is 13. The summed E-state index contributed by atoms with van der Waals surface area (Å²) in [5, 5.41) is 12.7. The second-order valence-electron chi connectivity index (χ2n) is 11.6. The van der Waals surface area contributed by atoms with Crippen molar-refractivity contribution in [2.24, 2.45) is 0 Å². The molecule has 14 nitrogen and oxygen atoms in total. The van der Waals surface area contributed by atoms with Gasteiger partial charge < -0.3 is 34.5 Å². The highest BCUT2D eigenvalue weighted by atomic mass is 35.5. The molecule has 0 saturated heterocycles. The molecule has 0 fully saturated rings. The highest BCUT2D eigenvalue weighted by Crippen LogP contribution is 2.41. The largest absolute Gasteiger partial charge is 0.493 e. The quantitative estimate of drug-likeness (QED) is 0.107. The number of nitrogens with zero attached hydrogens (tertiary/aromatic N) is 7. The zero-order valence-electron chi connectivity index (χ0n) is 28.3. The molecule has 0 aliphatic carbocycles. The first-order valence-electron chi connectivity index (χ1n) is 15.8. The third-order valence-corrected chi connectivity index (χ3v) is 8.86. The third kappa shape index (κ3) is 6.48. The number of nitro benzene ring substituents is 1. The fourth-order valence-corrected chi connectivity index (χ4v) is 6.41. The summed E-state index contributed by atoms with van der Waals surface area (Å²) < 4.78 is 21.4. The first kappa shape index (κ1) is 34.7. The summed E-state index contributed by atoms with van der Waals surface area (Å²) in [5.41, 5.74) is 12.5. The molecule has 8 rings (SSSR count). The van der Waals surface area contributed by atoms with Crippen molar-refractivity contribution >= 4 is 68.7 Å². The van der Waals surface area contributed by atoms with Crippen LogP contribution < -0.4 is 34.5 Å². The van der Waals surface area contributed by atoms with Gasteiger partial charge in [0.05, 0.1) is 44.4 Å². The molecule has 262 valence electrons. The maximum atomic E-state index is 11.0. The minimum absolute atomic E-state index is 0. The molecule has 0 spiro atoms. The van der Waals surface area contributed by atoms with Crippen LogP contribution in [0.15, 0.2) is 73.2 Å². The molecule has 51 heavy (non-hydrogen) atoms. The minimum Gasteiger partial charge on any atom is -0.493 e. The zero-order chi connectivity index (χ0) is 34.9. The zero-order valence-corrected chi connectivity index (χ0v) is 29.1. The first-order chi connectivity index (χ1) is 24.3. The summed E-state index contributed by atoms with van der Waals surface area (Å²) in [6.45, 7) is 1.54. The van der Waals surface area contributed by atoms with E-state index < -0.39 is 0 Å². The summed E-state index contributed by atoms with van der Waals surface area (Å²) in [5.74, 6) is 3.96. The summed E-state index contributed by atoms with van der Waals surface area (Å²) in [6, 6.07) is 18.3. The number of halogens is 1. The van der Waals surface area contributed by atoms with Crippen LogP contribution in [0.3, 0.4) is 0 Å². The lowest BCUT2D eigenvalue weighted by Gasteiger charge is -2.20. The van der Waals surface area contributed by atoms with E-state index in [9.17, 15) is 10.1 Å². The Kier molecular flexibility index (Phi) is 9.78. The van der Waals surface area contributed by atoms with Crippen molar-refractivity contribution in [3.05, 3.63) is 94.4 Å². The van der Waals surface area contributed by atoms with Crippen molar-refractivity contribution in [2.45, 2.75) is 12.8 Å². The number of rotatable bonds is 7. The molecule has 6 aromatic rings. The molecule has 0 bridgehead atoms. The third-order valence-electron chi connectivity index (χ3n) is 8.86. The van der Waals surface area contributed by atoms with Gasteiger partial charge in [-0.25, -0.2) is 19.9 Å². The average molecular weight is 711 g/mol. The maximum Gasteiger partial charge on any atom is 0.269 e. The van der Waals surface area contributed by atoms with Crippen LogP contribution in [0.25, 0.3) is 21.8 Å². The van der Waals surface area contributed by atoms with E-state index in [1.807, 2.05) is 47.4 Å². The van der Waals surface area contributed by atoms with Gasteiger partial charge in [-0.05, 0) is 60.4 Å². The summed E-state index contributed by atoms with van der Waals surface area (Å²) >= 11 is 0. The molecule has 2 aliphatic rings. The number of nitrogens with two attached hydrogens (primary N) is 1. The van der Waals surface area contributed by atoms with Crippen LogP contribution in [0.4, 0.5) is 34.5 Å². The number of hydrogen-bond donors (Lipinski definition) is 1. The van der Waals surface area contributed by atoms with Crippen molar-refractivity contribution in [1.29, 1.82) is 0 Å². The van der Waals surface area contributed by atoms with Gasteiger partial charge in [-0.15, -0.1) is 12.4 Å². The molecule has 4 heterocycles. The Morgan fingerprint density at radius 2 is 1.33 bits per heavy atom. The normalized spacial score (nSPS) is 12.8. The molecule has 2 aromatic heterocycles. The number of anilines is 5. The van der Waals surface area contributed by atoms with E-state index in [0.29, 0.717) is 41.9 Å². The van der Waals surface area contributed by atoms with E-state index in [1.165, 1.54) is 11.6 Å². The van der Waals surface area contributed by atoms with E-state index in [1.54, 1.807) is 53.1 Å². The molecule has 0 amide bonds. The lowest BCUT2D eigenvalue weighted by atomic mass is 10.1. The van der Waals surface area contributed by atoms with E-state index in [-0.39, 0.29) is 23.0 Å². The van der Waals surface area contributed by atoms with Crippen LogP contribution in [-0.2, 0) is 12.8 Å². The van der Waals surface area contributed by atoms with E-state index >= 15 is 0 Å². The molecule has 0 atom stereocenters. The second-order valence-corrected chi connectivity index (χ2v) is 11.6. The van der Waals surface area contributed by atoms with Crippen molar-refractivity contribution < 1.29 is 23.9 Å². The number of methoxy groups -OCH3 is 4. The number of benzene rings is 4. The topological polar surface area (TPSA) is 164 Å². The predicted octanol–water partition coefficient (Wildman–Crippen LogP) is 6.59. The standard InChI is InChI=1S/C18H16N4O4.C18H18N4O2.ClH/c1-25-16-8-12-10-19-18(20-14(12)9-17(16)26-2)21-6-5-11-7-13(22(23)24)3-4-15(11)21;1-23-16-8-13-14(9-17(16)24-2)20-10-21-18(13)22-6-5-11-7-12(19)3-4-15(11)22;/h3-4,7-10H,5-6H2,1-2H3;3-4,7-10H,5-6,19H2,1-2H3;1H. The van der Waals surface area contributed by atoms with Gasteiger partial charge in [0.15, 0.2) is 23.0 Å². The summed E-state index contributed by atoms with van der Waals surface area (Å²) in [6.07, 6.45) is 4.98. The van der Waals surface area contributed by atoms with Crippen molar-refractivity contribution in [3.8, 4) is 23.0 Å². The van der Waals surface area contributed by atoms with Crippen LogP contribution in [0.1, 0.15) is 11.1 Å². The predicted molar refractivity (Wildman–Crippen MR) is 198 cm³/mol. The van der Waals surface area contributed by atoms with Crippen molar-refractivity contribution in [3.63, 3.8) is 0 Å². The maximum absolute atomic E-state index is 11.0. The van der Waals surface area contributed by atoms with Crippen LogP contribution >= 0.6 is 12.4 Å². The van der Waals surface area contributed by atoms with Crippen LogP contribution in [0, 0.1) is 10.1 Å². The van der Waals surface area contributed by atoms with Gasteiger partial charge in [0.1, 0.15) is 12.1 Å². The number of non-ortho nitro benzene ring substituents is 1. The van der Waals surface area contributed by atoms with Crippen LogP contribution in [0.5, 0.6) is 23.0 Å². The van der Waals surface area contributed by atoms with Gasteiger partial charge >= 0.3 is 0 Å². The van der Waals surface area contributed by atoms with E-state index in [4.69, 9.17) is 24.7 Å². The summed E-state index contributed by atoms with van der Waals surface area (Å²) in [4.78, 5) is 32.7. The Labute approximate surface area is 299 Å². The van der Waals surface area contributed by atoms with E-state index in [2.05, 4.69) is 24.8 Å². The van der Waals surface area contributed by atoms with Crippen molar-refractivity contribution in [1.82, 2.24) is 19.9 Å². The Balaban J connectivity index is 0.000000173. The summed E-state index contributed by atoms with van der Waals surface area (Å²) in [7, 11) is 6.41. The molecule has 4 aromatic carbocycles. The van der Waals surface area contributed by atoms with Gasteiger partial charge in [-0.1, -0.05) is 0 Å². The second kappa shape index (κ2) is 14.4. The fourth-order valence-electron chi connectivity index (χ4n) is 6.41. The molecule has 0 saturated carbocycles. The van der Waals surface area contributed by atoms with Crippen LogP contribution in [0.2, 0.25) is 0 Å². The fraction of sp³-hybridized carbons (Fsp3) is 0.222. The molecule has 2 N–H and O–H groups in total. The Bertz CT molecular complexity index is 2270. The Hall–Kier alpha value is -6.15. The molecular weight excluding hydrogens is 676 g/mol. The molecule has 2 aliphatic heterocycles. The number of ether oxygens (including phenoxy) is 4. The SMILES string of the molecule is COc1cc2cnc(N3CCc4cc([N+](=O)[O-])ccc43)nc2cc1OC.COc1cc2ncnc(N3CCc4cc(N)ccc43)c2cc1OC.Cl. The Morgan fingerprint density at radius 3 is 2.04 bits per heavy atom. The number of aromatic nitrogens is 4. The number of fused-ring (bicyclic) bond motifs is 4. The first-order valence-corrected chi connectivity index (χ1v) is 15.8. The lowest BCUT2D eigenvalue weighted by molar-refractivity contribution is -0.384. The molecule has 15 heteroatoms. The van der Waals surface area contributed by atoms with Crippen molar-refractivity contribution in [2.75, 3.05) is 57.1 Å². The van der Waals surface area contributed by atoms with E-state index in [0.717, 1.165) is 63.2 Å². The highest BCUT2D eigenvalue weighted by Gasteiger charge is 2.26. The number of nitrogen functional groups attached to an aromatic ring is 1. The molecule has 0 unspecified atom stereocenters. The van der Waals surface area contributed by atoms with Gasteiger partial charge in [0.2, 0.25) is 5.95 Å². The monoisotopic (exact) mass is 710 g/mol. The minimum atomic E-state index is -0.380. The Morgan fingerprint density at radius 1 is 0.725 bits per heavy atom. The highest BCUT2D eigenvalue weighted by molar-refractivity contribution is 5.94. The number of nitro groups is 1. The van der Waals surface area contributed by atoms with Gasteiger partial charge in [-0.2, -0.15) is 0 Å². The van der Waals surface area contributed by atoms with Gasteiger partial charge in [0, 0.05) is 71.4 Å². The molecular formula is C36H35ClN8O6. The smallest absolute Gasteiger partial charge is 0.269 e. The van der Waals surface area contributed by atoms with Gasteiger partial charge in [0.25, 0.3) is 5.69 Å². The molecule has 0 radical (unpaired) electrons.